The second kappa shape index (κ2) is 11.1. The molecule has 0 heterocycles. The number of hydrogen-bond donors (Lipinski definition) is 3. The second-order valence-electron chi connectivity index (χ2n) is 7.81. The molecule has 0 aromatic heterocycles. The van der Waals surface area contributed by atoms with Crippen LogP contribution in [0.3, 0.4) is 0 Å². The summed E-state index contributed by atoms with van der Waals surface area (Å²) in [6.45, 7) is -1.02. The van der Waals surface area contributed by atoms with E-state index in [-0.39, 0.29) is 17.9 Å². The van der Waals surface area contributed by atoms with Gasteiger partial charge in [-0.3, -0.25) is 0 Å². The number of alkyl halides is 2. The first-order valence-electron chi connectivity index (χ1n) is 10.6. The summed E-state index contributed by atoms with van der Waals surface area (Å²) >= 11 is 0. The van der Waals surface area contributed by atoms with Crippen LogP contribution in [-0.2, 0) is 19.0 Å². The molecule has 0 fully saturated rings. The van der Waals surface area contributed by atoms with Crippen LogP contribution in [0.25, 0.3) is 0 Å². The monoisotopic (exact) mass is 442 g/mol. The number of aromatic hydroxyl groups is 1. The Morgan fingerprint density at radius 3 is 2.44 bits per heavy atom. The Morgan fingerprint density at radius 2 is 1.69 bits per heavy atom. The largest absolute Gasteiger partial charge is 0.508 e. The fraction of sp³-hybridized carbons (Fsp3) is 0.308. The van der Waals surface area contributed by atoms with Gasteiger partial charge in [-0.1, -0.05) is 55.0 Å². The Morgan fingerprint density at radius 1 is 0.906 bits per heavy atom. The zero-order chi connectivity index (χ0) is 23.0. The lowest BCUT2D eigenvalue weighted by atomic mass is 9.99. The average molecular weight is 443 g/mol. The number of aryl methyl sites for hydroxylation is 1. The third-order valence-electron chi connectivity index (χ3n) is 5.37. The highest BCUT2D eigenvalue weighted by atomic mass is 19.3. The first-order chi connectivity index (χ1) is 15.4. The summed E-state index contributed by atoms with van der Waals surface area (Å²) in [7, 11) is 0. The van der Waals surface area contributed by atoms with Gasteiger partial charge in [0.2, 0.25) is 0 Å². The summed E-state index contributed by atoms with van der Waals surface area (Å²) in [5.74, 6) is -2.66. The minimum Gasteiger partial charge on any atom is -0.508 e. The molecule has 0 bridgehead atoms. The van der Waals surface area contributed by atoms with Crippen LogP contribution in [0.4, 0.5) is 8.78 Å². The Bertz CT molecular complexity index is 992. The van der Waals surface area contributed by atoms with Crippen LogP contribution in [0, 0.1) is 0 Å². The Kier molecular flexibility index (Phi) is 8.20. The topological polar surface area (TPSA) is 69.9 Å². The summed E-state index contributed by atoms with van der Waals surface area (Å²) in [6, 6.07) is 19.5. The molecule has 0 aliphatic rings. The summed E-state index contributed by atoms with van der Waals surface area (Å²) in [6.07, 6.45) is 2.15. The van der Waals surface area contributed by atoms with Crippen molar-refractivity contribution >= 4 is 0 Å². The molecule has 32 heavy (non-hydrogen) atoms. The first kappa shape index (κ1) is 23.7. The van der Waals surface area contributed by atoms with E-state index in [9.17, 15) is 24.1 Å². The van der Waals surface area contributed by atoms with Gasteiger partial charge in [-0.2, -0.15) is 8.78 Å². The van der Waals surface area contributed by atoms with Crippen LogP contribution in [-0.4, -0.2) is 21.9 Å². The Labute approximate surface area is 186 Å². The van der Waals surface area contributed by atoms with E-state index in [2.05, 4.69) is 0 Å². The van der Waals surface area contributed by atoms with E-state index in [1.165, 1.54) is 18.2 Å². The lowest BCUT2D eigenvalue weighted by Crippen LogP contribution is -2.23. The van der Waals surface area contributed by atoms with E-state index in [1.807, 2.05) is 6.07 Å². The Balaban J connectivity index is 1.47. The molecule has 3 N–H and O–H groups in total. The molecular weight excluding hydrogens is 414 g/mol. The average Bonchev–Trinajstić information content (AvgIpc) is 2.81. The maximum absolute atomic E-state index is 14.3. The molecule has 3 rings (SSSR count). The molecule has 170 valence electrons. The van der Waals surface area contributed by atoms with Crippen molar-refractivity contribution in [1.82, 2.24) is 0 Å². The van der Waals surface area contributed by atoms with Crippen molar-refractivity contribution in [1.29, 1.82) is 0 Å². The lowest BCUT2D eigenvalue weighted by molar-refractivity contribution is -0.0467. The fourth-order valence-electron chi connectivity index (χ4n) is 3.50. The van der Waals surface area contributed by atoms with Crippen LogP contribution in [0.5, 0.6) is 11.5 Å². The molecule has 0 aliphatic heterocycles. The van der Waals surface area contributed by atoms with Gasteiger partial charge in [-0.15, -0.1) is 0 Å². The van der Waals surface area contributed by atoms with E-state index in [1.54, 1.807) is 48.5 Å². The number of halogens is 2. The van der Waals surface area contributed by atoms with E-state index in [4.69, 9.17) is 4.74 Å². The number of benzene rings is 3. The third kappa shape index (κ3) is 6.52. The molecule has 1 atom stereocenters. The van der Waals surface area contributed by atoms with Crippen molar-refractivity contribution in [2.24, 2.45) is 0 Å². The maximum Gasteiger partial charge on any atom is 0.306 e. The van der Waals surface area contributed by atoms with Crippen LogP contribution in [0.1, 0.15) is 47.6 Å². The zero-order valence-electron chi connectivity index (χ0n) is 17.8. The van der Waals surface area contributed by atoms with Crippen molar-refractivity contribution < 1.29 is 28.8 Å². The van der Waals surface area contributed by atoms with Gasteiger partial charge in [0.25, 0.3) is 0 Å². The molecule has 3 aromatic rings. The molecule has 3 aromatic carbocycles. The standard InChI is InChI=1S/C26H28F2O4/c27-26(28,22-9-2-1-3-10-22)18-32-23-11-6-8-19(15-23)7-4-5-12-24(30)20-13-14-25(31)21(16-20)17-29/h1-3,6,8-11,13-16,24,29-31H,4-5,7,12,17-18H2. The SMILES string of the molecule is OCc1cc(C(O)CCCCc2cccc(OCC(F)(F)c3ccccc3)c2)ccc1O. The number of unbranched alkanes of at least 4 members (excludes halogenated alkanes) is 1. The number of aliphatic hydroxyl groups is 2. The smallest absolute Gasteiger partial charge is 0.306 e. The van der Waals surface area contributed by atoms with Gasteiger partial charge in [0.15, 0.2) is 6.61 Å². The predicted molar refractivity (Wildman–Crippen MR) is 119 cm³/mol. The van der Waals surface area contributed by atoms with Gasteiger partial charge in [0.1, 0.15) is 11.5 Å². The maximum atomic E-state index is 14.3. The zero-order valence-corrected chi connectivity index (χ0v) is 17.8. The molecule has 4 nitrogen and oxygen atoms in total. The molecule has 1 unspecified atom stereocenters. The number of phenols is 1. The second-order valence-corrected chi connectivity index (χ2v) is 7.81. The highest BCUT2D eigenvalue weighted by Gasteiger charge is 2.32. The van der Waals surface area contributed by atoms with E-state index >= 15 is 0 Å². The van der Waals surface area contributed by atoms with E-state index in [0.29, 0.717) is 23.3 Å². The number of rotatable bonds is 11. The summed E-state index contributed by atoms with van der Waals surface area (Å²) in [5.41, 5.74) is 1.94. The normalized spacial score (nSPS) is 12.5. The third-order valence-corrected chi connectivity index (χ3v) is 5.37. The highest BCUT2D eigenvalue weighted by molar-refractivity contribution is 5.36. The van der Waals surface area contributed by atoms with Crippen molar-refractivity contribution in [3.63, 3.8) is 0 Å². The molecule has 0 aliphatic carbocycles. The number of aliphatic hydroxyl groups excluding tert-OH is 2. The summed E-state index contributed by atoms with van der Waals surface area (Å²) < 4.78 is 34.0. The minimum absolute atomic E-state index is 0.00656. The van der Waals surface area contributed by atoms with Gasteiger partial charge in [0.05, 0.1) is 12.7 Å². The molecular formula is C26H28F2O4. The molecule has 0 radical (unpaired) electrons. The minimum atomic E-state index is -3.07. The molecule has 0 saturated carbocycles. The Hall–Kier alpha value is -2.96. The number of ether oxygens (including phenoxy) is 1. The number of hydrogen-bond acceptors (Lipinski definition) is 4. The van der Waals surface area contributed by atoms with Gasteiger partial charge >= 0.3 is 5.92 Å². The quantitative estimate of drug-likeness (QED) is 0.343. The molecule has 0 amide bonds. The van der Waals surface area contributed by atoms with Gasteiger partial charge in [-0.25, -0.2) is 0 Å². The fourth-order valence-corrected chi connectivity index (χ4v) is 3.50. The van der Waals surface area contributed by atoms with Gasteiger partial charge in [0, 0.05) is 11.1 Å². The van der Waals surface area contributed by atoms with Crippen molar-refractivity contribution in [2.45, 2.75) is 44.3 Å². The van der Waals surface area contributed by atoms with Gasteiger partial charge < -0.3 is 20.1 Å². The van der Waals surface area contributed by atoms with Crippen molar-refractivity contribution in [3.8, 4) is 11.5 Å². The van der Waals surface area contributed by atoms with Gasteiger partial charge in [-0.05, 0) is 54.7 Å². The predicted octanol–water partition coefficient (Wildman–Crippen LogP) is 5.50. The van der Waals surface area contributed by atoms with Crippen LogP contribution in [0.2, 0.25) is 0 Å². The molecule has 0 spiro atoms. The van der Waals surface area contributed by atoms with E-state index < -0.39 is 18.6 Å². The van der Waals surface area contributed by atoms with E-state index in [0.717, 1.165) is 24.8 Å². The van der Waals surface area contributed by atoms with Crippen molar-refractivity contribution in [3.05, 3.63) is 95.1 Å². The molecule has 0 saturated heterocycles. The molecule has 6 heteroatoms. The van der Waals surface area contributed by atoms with Crippen LogP contribution < -0.4 is 4.74 Å². The lowest BCUT2D eigenvalue weighted by Gasteiger charge is -2.18. The van der Waals surface area contributed by atoms with Crippen LogP contribution >= 0.6 is 0 Å². The summed E-state index contributed by atoms with van der Waals surface area (Å²) in [5, 5.41) is 29.2. The van der Waals surface area contributed by atoms with Crippen LogP contribution in [0.15, 0.2) is 72.8 Å². The summed E-state index contributed by atoms with van der Waals surface area (Å²) in [4.78, 5) is 0. The van der Waals surface area contributed by atoms with Crippen molar-refractivity contribution in [2.75, 3.05) is 6.61 Å². The first-order valence-corrected chi connectivity index (χ1v) is 10.6. The highest BCUT2D eigenvalue weighted by Crippen LogP contribution is 2.29.